The monoisotopic (exact) mass is 817 g/mol. The summed E-state index contributed by atoms with van der Waals surface area (Å²) >= 11 is 0. The third-order valence-electron chi connectivity index (χ3n) is 13.5. The van der Waals surface area contributed by atoms with Crippen LogP contribution in [0.4, 0.5) is 0 Å². The van der Waals surface area contributed by atoms with Crippen LogP contribution in [0, 0.1) is 0 Å². The van der Waals surface area contributed by atoms with Crippen molar-refractivity contribution >= 4 is 54.3 Å². The molecule has 0 atom stereocenters. The first-order chi connectivity index (χ1) is 31.5. The summed E-state index contributed by atoms with van der Waals surface area (Å²) in [6, 6.07) is 71.4. The van der Waals surface area contributed by atoms with Gasteiger partial charge in [-0.2, -0.15) is 0 Å². The molecule has 0 saturated carbocycles. The molecular weight excluding hydrogens is 779 g/mol. The summed E-state index contributed by atoms with van der Waals surface area (Å²) in [6.45, 7) is 4.61. The average Bonchev–Trinajstić information content (AvgIpc) is 3.85. The van der Waals surface area contributed by atoms with Crippen molar-refractivity contribution in [3.8, 4) is 67.5 Å². The van der Waals surface area contributed by atoms with E-state index in [1.165, 1.54) is 60.1 Å². The fourth-order valence-corrected chi connectivity index (χ4v) is 10.5. The van der Waals surface area contributed by atoms with Crippen molar-refractivity contribution in [2.75, 3.05) is 0 Å². The first-order valence-electron chi connectivity index (χ1n) is 21.9. The van der Waals surface area contributed by atoms with E-state index in [9.17, 15) is 0 Å². The first-order valence-corrected chi connectivity index (χ1v) is 21.9. The Morgan fingerprint density at radius 1 is 0.328 bits per heavy atom. The number of fused-ring (bicyclic) bond motifs is 12. The SMILES string of the molecule is CC1(C)c2ccccc2-c2cccc(-c3nc(-c4ccccc4)nc(-c4cccc(-c5cccc6oc7ccc(-c8ccc9c%10ccccc%10c%10ccccc%10c9c8)cc7c56)c4)n3)c21. The largest absolute Gasteiger partial charge is 0.456 e. The topological polar surface area (TPSA) is 51.8 Å². The second-order valence-electron chi connectivity index (χ2n) is 17.5. The highest BCUT2D eigenvalue weighted by atomic mass is 16.3. The van der Waals surface area contributed by atoms with Crippen molar-refractivity contribution in [3.05, 3.63) is 211 Å². The van der Waals surface area contributed by atoms with E-state index in [1.54, 1.807) is 0 Å². The van der Waals surface area contributed by atoms with Gasteiger partial charge in [0.05, 0.1) is 0 Å². The summed E-state index contributed by atoms with van der Waals surface area (Å²) in [5.41, 5.74) is 13.9. The smallest absolute Gasteiger partial charge is 0.164 e. The Hall–Kier alpha value is -8.21. The van der Waals surface area contributed by atoms with Gasteiger partial charge in [-0.1, -0.05) is 184 Å². The van der Waals surface area contributed by atoms with Crippen LogP contribution in [-0.4, -0.2) is 15.0 Å². The van der Waals surface area contributed by atoms with E-state index >= 15 is 0 Å². The standard InChI is InChI=1S/C60H39N3O/c1-60(2)52-27-11-10-23-47(52)48-25-13-26-49(56(48)60)59-62-57(36-15-4-3-5-16-36)61-58(63-59)40-18-12-17-39(33-40)41-24-14-28-54-55(41)51-35-38(30-32-53(51)64-54)37-29-31-46-44-21-7-6-19-42(44)43-20-8-9-22-45(43)50(46)34-37/h3-35H,1-2H3. The minimum absolute atomic E-state index is 0.231. The molecule has 64 heavy (non-hydrogen) atoms. The minimum atomic E-state index is -0.231. The van der Waals surface area contributed by atoms with Gasteiger partial charge in [-0.25, -0.2) is 15.0 Å². The Labute approximate surface area is 370 Å². The van der Waals surface area contributed by atoms with Crippen LogP contribution < -0.4 is 0 Å². The number of rotatable bonds is 5. The van der Waals surface area contributed by atoms with Gasteiger partial charge >= 0.3 is 0 Å². The van der Waals surface area contributed by atoms with E-state index in [2.05, 4.69) is 196 Å². The number of aromatic nitrogens is 3. The number of hydrogen-bond donors (Lipinski definition) is 0. The zero-order valence-electron chi connectivity index (χ0n) is 35.3. The zero-order valence-corrected chi connectivity index (χ0v) is 35.3. The van der Waals surface area contributed by atoms with E-state index in [0.717, 1.165) is 55.3 Å². The van der Waals surface area contributed by atoms with Crippen molar-refractivity contribution in [2.24, 2.45) is 0 Å². The molecule has 2 aromatic heterocycles. The Bertz CT molecular complexity index is 3850. The maximum absolute atomic E-state index is 6.57. The lowest BCUT2D eigenvalue weighted by molar-refractivity contribution is 0.661. The summed E-state index contributed by atoms with van der Waals surface area (Å²) in [5, 5.41) is 9.76. The first kappa shape index (κ1) is 36.4. The van der Waals surface area contributed by atoms with Crippen LogP contribution >= 0.6 is 0 Å². The molecule has 0 bridgehead atoms. The van der Waals surface area contributed by atoms with Crippen LogP contribution in [-0.2, 0) is 5.41 Å². The molecule has 0 unspecified atom stereocenters. The van der Waals surface area contributed by atoms with Crippen LogP contribution in [0.5, 0.6) is 0 Å². The van der Waals surface area contributed by atoms with E-state index in [0.29, 0.717) is 17.5 Å². The maximum Gasteiger partial charge on any atom is 0.164 e. The normalized spacial score (nSPS) is 13.0. The van der Waals surface area contributed by atoms with Crippen LogP contribution in [0.3, 0.4) is 0 Å². The molecule has 1 aliphatic carbocycles. The molecule has 0 amide bonds. The van der Waals surface area contributed by atoms with E-state index in [1.807, 2.05) is 18.2 Å². The summed E-state index contributed by atoms with van der Waals surface area (Å²) in [4.78, 5) is 15.7. The van der Waals surface area contributed by atoms with Crippen molar-refractivity contribution < 1.29 is 4.42 Å². The highest BCUT2D eigenvalue weighted by Crippen LogP contribution is 2.52. The molecule has 2 heterocycles. The van der Waals surface area contributed by atoms with E-state index in [4.69, 9.17) is 19.4 Å². The summed E-state index contributed by atoms with van der Waals surface area (Å²) in [6.07, 6.45) is 0. The van der Waals surface area contributed by atoms with Crippen molar-refractivity contribution in [3.63, 3.8) is 0 Å². The fourth-order valence-electron chi connectivity index (χ4n) is 10.5. The van der Waals surface area contributed by atoms with E-state index < -0.39 is 0 Å². The van der Waals surface area contributed by atoms with Gasteiger partial charge in [-0.15, -0.1) is 0 Å². The Kier molecular flexibility index (Phi) is 7.92. The van der Waals surface area contributed by atoms with Crippen molar-refractivity contribution in [1.29, 1.82) is 0 Å². The third kappa shape index (κ3) is 5.52. The molecule has 12 aromatic rings. The fraction of sp³-hybridized carbons (Fsp3) is 0.0500. The van der Waals surface area contributed by atoms with Gasteiger partial charge in [0.1, 0.15) is 11.2 Å². The van der Waals surface area contributed by atoms with Crippen LogP contribution in [0.25, 0.3) is 122 Å². The van der Waals surface area contributed by atoms with Gasteiger partial charge in [-0.05, 0) is 107 Å². The lowest BCUT2D eigenvalue weighted by Crippen LogP contribution is -2.17. The van der Waals surface area contributed by atoms with Gasteiger partial charge in [-0.3, -0.25) is 0 Å². The lowest BCUT2D eigenvalue weighted by atomic mass is 9.80. The summed E-state index contributed by atoms with van der Waals surface area (Å²) in [5.74, 6) is 1.93. The maximum atomic E-state index is 6.57. The average molecular weight is 818 g/mol. The molecule has 0 fully saturated rings. The van der Waals surface area contributed by atoms with E-state index in [-0.39, 0.29) is 5.41 Å². The quantitative estimate of drug-likeness (QED) is 0.162. The molecule has 0 radical (unpaired) electrons. The van der Waals surface area contributed by atoms with Gasteiger partial charge in [0.2, 0.25) is 0 Å². The molecule has 0 aliphatic heterocycles. The predicted octanol–water partition coefficient (Wildman–Crippen LogP) is 15.9. The van der Waals surface area contributed by atoms with Crippen molar-refractivity contribution in [1.82, 2.24) is 15.0 Å². The van der Waals surface area contributed by atoms with Crippen LogP contribution in [0.15, 0.2) is 205 Å². The van der Waals surface area contributed by atoms with Gasteiger partial charge in [0.25, 0.3) is 0 Å². The highest BCUT2D eigenvalue weighted by molar-refractivity contribution is 6.26. The second-order valence-corrected chi connectivity index (χ2v) is 17.5. The number of hydrogen-bond acceptors (Lipinski definition) is 4. The Balaban J connectivity index is 0.954. The minimum Gasteiger partial charge on any atom is -0.456 e. The second kappa shape index (κ2) is 13.9. The molecule has 4 heteroatoms. The van der Waals surface area contributed by atoms with Gasteiger partial charge < -0.3 is 4.42 Å². The number of nitrogens with zero attached hydrogens (tertiary/aromatic N) is 3. The van der Waals surface area contributed by atoms with Gasteiger partial charge in [0.15, 0.2) is 17.5 Å². The molecule has 4 nitrogen and oxygen atoms in total. The summed E-state index contributed by atoms with van der Waals surface area (Å²) in [7, 11) is 0. The number of benzene rings is 10. The lowest BCUT2D eigenvalue weighted by Gasteiger charge is -2.24. The molecule has 0 saturated heterocycles. The molecule has 1 aliphatic rings. The summed E-state index contributed by atoms with van der Waals surface area (Å²) < 4.78 is 6.57. The molecule has 300 valence electrons. The third-order valence-corrected chi connectivity index (χ3v) is 13.5. The molecule has 10 aromatic carbocycles. The van der Waals surface area contributed by atoms with Crippen LogP contribution in [0.1, 0.15) is 25.0 Å². The highest BCUT2D eigenvalue weighted by Gasteiger charge is 2.38. The molecule has 0 spiro atoms. The predicted molar refractivity (Wildman–Crippen MR) is 264 cm³/mol. The zero-order chi connectivity index (χ0) is 42.5. The van der Waals surface area contributed by atoms with Crippen molar-refractivity contribution in [2.45, 2.75) is 19.3 Å². The molecule has 0 N–H and O–H groups in total. The Morgan fingerprint density at radius 3 is 1.64 bits per heavy atom. The Morgan fingerprint density at radius 2 is 0.859 bits per heavy atom. The molecular formula is C60H39N3O. The van der Waals surface area contributed by atoms with Crippen LogP contribution in [0.2, 0.25) is 0 Å². The number of furan rings is 1. The van der Waals surface area contributed by atoms with Gasteiger partial charge in [0, 0.05) is 32.9 Å². The molecule has 13 rings (SSSR count).